The summed E-state index contributed by atoms with van der Waals surface area (Å²) in [4.78, 5) is 24.3. The van der Waals surface area contributed by atoms with Gasteiger partial charge in [0.25, 0.3) is 5.91 Å². The Hall–Kier alpha value is -3.57. The summed E-state index contributed by atoms with van der Waals surface area (Å²) in [5.41, 5.74) is 1.71. The molecule has 3 rings (SSSR count). The summed E-state index contributed by atoms with van der Waals surface area (Å²) >= 11 is 0. The van der Waals surface area contributed by atoms with Gasteiger partial charge in [-0.25, -0.2) is 15.0 Å². The fourth-order valence-corrected chi connectivity index (χ4v) is 2.25. The largest absolute Gasteiger partial charge is 0.505 e. The number of fused-ring (bicyclic) bond motifs is 1. The van der Waals surface area contributed by atoms with Gasteiger partial charge in [0, 0.05) is 18.1 Å². The van der Waals surface area contributed by atoms with E-state index in [-0.39, 0.29) is 24.6 Å². The average molecular weight is 335 g/mol. The maximum atomic E-state index is 12.3. The molecule has 0 atom stereocenters. The zero-order valence-corrected chi connectivity index (χ0v) is 13.0. The summed E-state index contributed by atoms with van der Waals surface area (Å²) in [5, 5.41) is 31.1. The van der Waals surface area contributed by atoms with Crippen molar-refractivity contribution in [2.24, 2.45) is 0 Å². The maximum absolute atomic E-state index is 12.3. The molecule has 0 aliphatic rings. The predicted molar refractivity (Wildman–Crippen MR) is 87.2 cm³/mol. The molecule has 3 heterocycles. The Balaban J connectivity index is 1.79. The number of carbonyl (C=O) groups excluding carboxylic acids is 1. The lowest BCUT2D eigenvalue weighted by atomic mass is 10.1. The number of hydrogen-bond acceptors (Lipinski definition) is 7. The highest BCUT2D eigenvalue weighted by atomic mass is 16.3. The van der Waals surface area contributed by atoms with Crippen molar-refractivity contribution in [2.45, 2.75) is 13.2 Å². The molecule has 3 N–H and O–H groups in total. The van der Waals surface area contributed by atoms with Gasteiger partial charge in [0.05, 0.1) is 24.0 Å². The van der Waals surface area contributed by atoms with Crippen LogP contribution in [0, 0.1) is 11.3 Å². The van der Waals surface area contributed by atoms with E-state index in [1.807, 2.05) is 6.07 Å². The molecule has 0 radical (unpaired) electrons. The maximum Gasteiger partial charge on any atom is 0.274 e. The lowest BCUT2D eigenvalue weighted by molar-refractivity contribution is 0.0943. The normalized spacial score (nSPS) is 10.4. The fourth-order valence-electron chi connectivity index (χ4n) is 2.25. The summed E-state index contributed by atoms with van der Waals surface area (Å²) in [5.74, 6) is -0.820. The molecule has 3 aromatic rings. The van der Waals surface area contributed by atoms with E-state index >= 15 is 0 Å². The molecular formula is C17H13N5O3. The summed E-state index contributed by atoms with van der Waals surface area (Å²) < 4.78 is 0. The van der Waals surface area contributed by atoms with Crippen LogP contribution in [0.25, 0.3) is 10.9 Å². The number of amides is 1. The van der Waals surface area contributed by atoms with Crippen molar-refractivity contribution >= 4 is 16.8 Å². The first-order valence-corrected chi connectivity index (χ1v) is 7.34. The van der Waals surface area contributed by atoms with Crippen LogP contribution in [0.4, 0.5) is 0 Å². The zero-order chi connectivity index (χ0) is 17.8. The van der Waals surface area contributed by atoms with E-state index in [1.54, 1.807) is 24.3 Å². The first-order valence-electron chi connectivity index (χ1n) is 7.34. The van der Waals surface area contributed by atoms with Crippen LogP contribution in [0.3, 0.4) is 0 Å². The quantitative estimate of drug-likeness (QED) is 0.648. The number of aromatic nitrogens is 3. The number of nitrogens with zero attached hydrogens (tertiary/aromatic N) is 4. The number of carbonyl (C=O) groups is 1. The second-order valence-electron chi connectivity index (χ2n) is 5.20. The van der Waals surface area contributed by atoms with Gasteiger partial charge in [-0.15, -0.1) is 0 Å². The molecule has 8 heteroatoms. The topological polar surface area (TPSA) is 132 Å². The first-order chi connectivity index (χ1) is 12.1. The van der Waals surface area contributed by atoms with Gasteiger partial charge >= 0.3 is 0 Å². The second kappa shape index (κ2) is 6.90. The number of nitriles is 1. The SMILES string of the molecule is N#Cc1ccc(CNC(=O)c2ncc3nc(CO)ccc3c2O)cn1. The number of aliphatic hydroxyl groups excluding tert-OH is 1. The van der Waals surface area contributed by atoms with Crippen molar-refractivity contribution < 1.29 is 15.0 Å². The summed E-state index contributed by atoms with van der Waals surface area (Å²) in [6.07, 6.45) is 2.86. The van der Waals surface area contributed by atoms with E-state index in [2.05, 4.69) is 20.3 Å². The molecule has 0 aromatic carbocycles. The number of nitrogens with one attached hydrogen (secondary N) is 1. The number of pyridine rings is 3. The molecule has 0 spiro atoms. The molecule has 124 valence electrons. The van der Waals surface area contributed by atoms with Gasteiger partial charge in [-0.05, 0) is 23.8 Å². The van der Waals surface area contributed by atoms with E-state index in [1.165, 1.54) is 12.4 Å². The molecule has 0 saturated carbocycles. The Labute approximate surface area is 142 Å². The Morgan fingerprint density at radius 2 is 2.04 bits per heavy atom. The Morgan fingerprint density at radius 1 is 1.20 bits per heavy atom. The van der Waals surface area contributed by atoms with Crippen LogP contribution in [-0.4, -0.2) is 31.1 Å². The van der Waals surface area contributed by atoms with Gasteiger partial charge in [0.1, 0.15) is 11.8 Å². The van der Waals surface area contributed by atoms with Crippen molar-refractivity contribution in [1.82, 2.24) is 20.3 Å². The van der Waals surface area contributed by atoms with Crippen LogP contribution in [0.5, 0.6) is 5.75 Å². The average Bonchev–Trinajstić information content (AvgIpc) is 2.66. The molecule has 0 aliphatic heterocycles. The molecule has 1 amide bonds. The Bertz CT molecular complexity index is 980. The number of aromatic hydroxyl groups is 1. The first kappa shape index (κ1) is 16.3. The molecule has 0 saturated heterocycles. The smallest absolute Gasteiger partial charge is 0.274 e. The standard InChI is InChI=1S/C17H13N5O3/c18-5-11-2-1-10(6-19-11)7-21-17(25)15-16(24)13-4-3-12(9-23)22-14(13)8-20-15/h1-4,6,8,23-24H,7,9H2,(H,21,25). The summed E-state index contributed by atoms with van der Waals surface area (Å²) in [7, 11) is 0. The van der Waals surface area contributed by atoms with Crippen molar-refractivity contribution in [3.8, 4) is 11.8 Å². The van der Waals surface area contributed by atoms with E-state index in [9.17, 15) is 9.90 Å². The minimum Gasteiger partial charge on any atom is -0.505 e. The van der Waals surface area contributed by atoms with Crippen LogP contribution in [0.15, 0.2) is 36.7 Å². The zero-order valence-electron chi connectivity index (χ0n) is 13.0. The van der Waals surface area contributed by atoms with E-state index < -0.39 is 5.91 Å². The van der Waals surface area contributed by atoms with Gasteiger partial charge < -0.3 is 15.5 Å². The molecule has 0 bridgehead atoms. The molecule has 8 nitrogen and oxygen atoms in total. The highest BCUT2D eigenvalue weighted by Crippen LogP contribution is 2.26. The monoisotopic (exact) mass is 335 g/mol. The van der Waals surface area contributed by atoms with Crippen LogP contribution in [0.1, 0.15) is 27.4 Å². The molecule has 0 fully saturated rings. The second-order valence-corrected chi connectivity index (χ2v) is 5.20. The van der Waals surface area contributed by atoms with Gasteiger partial charge in [0.2, 0.25) is 0 Å². The molecule has 25 heavy (non-hydrogen) atoms. The Morgan fingerprint density at radius 3 is 2.72 bits per heavy atom. The van der Waals surface area contributed by atoms with Crippen molar-refractivity contribution in [3.05, 3.63) is 59.3 Å². The van der Waals surface area contributed by atoms with Crippen LogP contribution in [0.2, 0.25) is 0 Å². The number of rotatable bonds is 4. The number of hydrogen-bond donors (Lipinski definition) is 3. The predicted octanol–water partition coefficient (Wildman–Crippen LogP) is 1.02. The molecule has 0 aliphatic carbocycles. The van der Waals surface area contributed by atoms with Crippen LogP contribution < -0.4 is 5.32 Å². The van der Waals surface area contributed by atoms with Crippen molar-refractivity contribution in [1.29, 1.82) is 5.26 Å². The molecule has 0 unspecified atom stereocenters. The van der Waals surface area contributed by atoms with Gasteiger partial charge in [0.15, 0.2) is 11.4 Å². The van der Waals surface area contributed by atoms with Gasteiger partial charge in [-0.3, -0.25) is 4.79 Å². The van der Waals surface area contributed by atoms with Crippen LogP contribution in [-0.2, 0) is 13.2 Å². The number of aliphatic hydroxyl groups is 1. The van der Waals surface area contributed by atoms with Crippen molar-refractivity contribution in [2.75, 3.05) is 0 Å². The third-order valence-electron chi connectivity index (χ3n) is 3.55. The Kier molecular flexibility index (Phi) is 4.50. The van der Waals surface area contributed by atoms with E-state index in [0.29, 0.717) is 27.9 Å². The highest BCUT2D eigenvalue weighted by molar-refractivity contribution is 6.00. The molecular weight excluding hydrogens is 322 g/mol. The lowest BCUT2D eigenvalue weighted by Crippen LogP contribution is -2.24. The third kappa shape index (κ3) is 3.36. The third-order valence-corrected chi connectivity index (χ3v) is 3.55. The van der Waals surface area contributed by atoms with E-state index in [4.69, 9.17) is 10.4 Å². The lowest BCUT2D eigenvalue weighted by Gasteiger charge is -2.08. The van der Waals surface area contributed by atoms with Crippen LogP contribution >= 0.6 is 0 Å². The fraction of sp³-hybridized carbons (Fsp3) is 0.118. The summed E-state index contributed by atoms with van der Waals surface area (Å²) in [6, 6.07) is 8.29. The highest BCUT2D eigenvalue weighted by Gasteiger charge is 2.16. The summed E-state index contributed by atoms with van der Waals surface area (Å²) in [6.45, 7) is -0.0457. The van der Waals surface area contributed by atoms with E-state index in [0.717, 1.165) is 0 Å². The van der Waals surface area contributed by atoms with Crippen molar-refractivity contribution in [3.63, 3.8) is 0 Å². The van der Waals surface area contributed by atoms with Gasteiger partial charge in [-0.2, -0.15) is 5.26 Å². The minimum atomic E-state index is -0.546. The van der Waals surface area contributed by atoms with Gasteiger partial charge in [-0.1, -0.05) is 6.07 Å². The minimum absolute atomic E-state index is 0.118. The molecule has 3 aromatic heterocycles.